The highest BCUT2D eigenvalue weighted by atomic mass is 19.1. The van der Waals surface area contributed by atoms with Crippen LogP contribution in [-0.4, -0.2) is 27.9 Å². The molecule has 0 bridgehead atoms. The fourth-order valence-corrected chi connectivity index (χ4v) is 2.36. The number of pyridine rings is 1. The van der Waals surface area contributed by atoms with Gasteiger partial charge in [0.1, 0.15) is 11.5 Å². The number of benzene rings is 1. The fraction of sp³-hybridized carbons (Fsp3) is 0.167. The molecule has 0 aliphatic carbocycles. The van der Waals surface area contributed by atoms with Crippen molar-refractivity contribution in [2.75, 3.05) is 6.61 Å². The predicted octanol–water partition coefficient (Wildman–Crippen LogP) is 2.51. The average molecular weight is 341 g/mol. The Morgan fingerprint density at radius 2 is 2.00 bits per heavy atom. The first kappa shape index (κ1) is 16.6. The summed E-state index contributed by atoms with van der Waals surface area (Å²) in [5, 5.41) is 2.68. The van der Waals surface area contributed by atoms with Crippen LogP contribution in [0.4, 0.5) is 4.39 Å². The van der Waals surface area contributed by atoms with Crippen molar-refractivity contribution < 1.29 is 18.7 Å². The molecule has 2 heterocycles. The number of carbonyl (C=O) groups is 2. The average Bonchev–Trinajstić information content (AvgIpc) is 3.04. The molecular formula is C18H16FN3O3. The van der Waals surface area contributed by atoms with E-state index >= 15 is 0 Å². The summed E-state index contributed by atoms with van der Waals surface area (Å²) in [5.74, 6) is -1.47. The molecule has 128 valence electrons. The van der Waals surface area contributed by atoms with Gasteiger partial charge < -0.3 is 14.5 Å². The number of ether oxygens (including phenoxy) is 1. The van der Waals surface area contributed by atoms with Gasteiger partial charge in [-0.1, -0.05) is 18.2 Å². The van der Waals surface area contributed by atoms with Crippen LogP contribution in [0.5, 0.6) is 0 Å². The molecule has 1 N–H and O–H groups in total. The molecule has 2 aromatic heterocycles. The zero-order valence-electron chi connectivity index (χ0n) is 13.5. The minimum Gasteiger partial charge on any atom is -0.451 e. The molecule has 6 nitrogen and oxygen atoms in total. The number of hydrogen-bond donors (Lipinski definition) is 1. The van der Waals surface area contributed by atoms with Crippen molar-refractivity contribution in [3.8, 4) is 0 Å². The van der Waals surface area contributed by atoms with Crippen LogP contribution in [0, 0.1) is 5.82 Å². The first-order chi connectivity index (χ1) is 12.0. The van der Waals surface area contributed by atoms with Crippen LogP contribution in [0.25, 0.3) is 5.65 Å². The van der Waals surface area contributed by atoms with E-state index in [0.717, 1.165) is 5.56 Å². The van der Waals surface area contributed by atoms with Crippen LogP contribution in [0.15, 0.2) is 54.9 Å². The zero-order chi connectivity index (χ0) is 17.8. The Morgan fingerprint density at radius 3 is 2.72 bits per heavy atom. The van der Waals surface area contributed by atoms with Gasteiger partial charge in [-0.05, 0) is 36.8 Å². The molecule has 1 atom stereocenters. The molecule has 0 fully saturated rings. The van der Waals surface area contributed by atoms with E-state index < -0.39 is 18.5 Å². The molecule has 3 rings (SSSR count). The number of aromatic nitrogens is 2. The van der Waals surface area contributed by atoms with Gasteiger partial charge in [0.2, 0.25) is 0 Å². The summed E-state index contributed by atoms with van der Waals surface area (Å²) in [4.78, 5) is 28.0. The Balaban J connectivity index is 1.54. The third kappa shape index (κ3) is 4.00. The number of imidazole rings is 1. The first-order valence-corrected chi connectivity index (χ1v) is 7.68. The molecule has 1 aromatic carbocycles. The van der Waals surface area contributed by atoms with Crippen molar-refractivity contribution in [1.29, 1.82) is 0 Å². The summed E-state index contributed by atoms with van der Waals surface area (Å²) in [5.41, 5.74) is 1.50. The van der Waals surface area contributed by atoms with E-state index in [1.807, 2.05) is 12.1 Å². The van der Waals surface area contributed by atoms with Gasteiger partial charge in [-0.3, -0.25) is 4.79 Å². The van der Waals surface area contributed by atoms with Crippen LogP contribution in [0.2, 0.25) is 0 Å². The van der Waals surface area contributed by atoms with Gasteiger partial charge in [0.05, 0.1) is 6.04 Å². The van der Waals surface area contributed by atoms with Gasteiger partial charge >= 0.3 is 5.97 Å². The summed E-state index contributed by atoms with van der Waals surface area (Å²) in [6.45, 7) is 1.34. The Labute approximate surface area is 143 Å². The summed E-state index contributed by atoms with van der Waals surface area (Å²) >= 11 is 0. The van der Waals surface area contributed by atoms with E-state index in [2.05, 4.69) is 10.3 Å². The van der Waals surface area contributed by atoms with Crippen LogP contribution < -0.4 is 5.32 Å². The summed E-state index contributed by atoms with van der Waals surface area (Å²) in [6, 6.07) is 10.9. The smallest absolute Gasteiger partial charge is 0.359 e. The number of hydrogen-bond acceptors (Lipinski definition) is 4. The van der Waals surface area contributed by atoms with Gasteiger partial charge in [-0.2, -0.15) is 0 Å². The number of esters is 1. The Morgan fingerprint density at radius 1 is 1.24 bits per heavy atom. The first-order valence-electron chi connectivity index (χ1n) is 7.68. The highest BCUT2D eigenvalue weighted by molar-refractivity contribution is 5.90. The van der Waals surface area contributed by atoms with E-state index in [9.17, 15) is 14.0 Å². The van der Waals surface area contributed by atoms with Crippen molar-refractivity contribution in [2.45, 2.75) is 13.0 Å². The number of carbonyl (C=O) groups excluding carboxylic acids is 2. The molecule has 7 heteroatoms. The fourth-order valence-electron chi connectivity index (χ4n) is 2.36. The van der Waals surface area contributed by atoms with Crippen molar-refractivity contribution >= 4 is 17.5 Å². The maximum absolute atomic E-state index is 12.9. The van der Waals surface area contributed by atoms with Crippen molar-refractivity contribution in [3.05, 3.63) is 71.9 Å². The minimum atomic E-state index is -0.673. The highest BCUT2D eigenvalue weighted by Gasteiger charge is 2.15. The van der Waals surface area contributed by atoms with Crippen molar-refractivity contribution in [1.82, 2.24) is 14.7 Å². The lowest BCUT2D eigenvalue weighted by Gasteiger charge is -2.14. The number of nitrogens with zero attached hydrogens (tertiary/aromatic N) is 2. The summed E-state index contributed by atoms with van der Waals surface area (Å²) in [6.07, 6.45) is 3.30. The maximum Gasteiger partial charge on any atom is 0.359 e. The van der Waals surface area contributed by atoms with E-state index in [1.165, 1.54) is 18.3 Å². The lowest BCUT2D eigenvalue weighted by Crippen LogP contribution is -2.31. The minimum absolute atomic E-state index is 0.130. The predicted molar refractivity (Wildman–Crippen MR) is 88.4 cm³/mol. The molecule has 0 aliphatic rings. The highest BCUT2D eigenvalue weighted by Crippen LogP contribution is 2.12. The third-order valence-electron chi connectivity index (χ3n) is 3.65. The maximum atomic E-state index is 12.9. The molecule has 0 spiro atoms. The molecule has 0 saturated carbocycles. The second kappa shape index (κ2) is 7.12. The monoisotopic (exact) mass is 341 g/mol. The van der Waals surface area contributed by atoms with Crippen LogP contribution in [0.1, 0.15) is 29.0 Å². The van der Waals surface area contributed by atoms with Crippen molar-refractivity contribution in [2.24, 2.45) is 0 Å². The topological polar surface area (TPSA) is 72.7 Å². The number of amides is 1. The molecule has 3 aromatic rings. The number of rotatable bonds is 5. The lowest BCUT2D eigenvalue weighted by atomic mass is 10.1. The Bertz CT molecular complexity index is 872. The van der Waals surface area contributed by atoms with Gasteiger partial charge in [-0.15, -0.1) is 0 Å². The largest absolute Gasteiger partial charge is 0.451 e. The third-order valence-corrected chi connectivity index (χ3v) is 3.65. The molecule has 0 unspecified atom stereocenters. The molecule has 0 radical (unpaired) electrons. The Kier molecular flexibility index (Phi) is 4.74. The number of fused-ring (bicyclic) bond motifs is 1. The van der Waals surface area contributed by atoms with Crippen LogP contribution in [0.3, 0.4) is 0 Å². The SMILES string of the molecule is C[C@H](NC(=O)COC(=O)c1cn2ccccc2n1)c1ccc(F)cc1. The second-order valence-electron chi connectivity index (χ2n) is 5.51. The quantitative estimate of drug-likeness (QED) is 0.724. The zero-order valence-corrected chi connectivity index (χ0v) is 13.5. The Hall–Kier alpha value is -3.22. The van der Waals surface area contributed by atoms with Crippen LogP contribution in [-0.2, 0) is 9.53 Å². The number of halogens is 1. The van der Waals surface area contributed by atoms with E-state index in [1.54, 1.807) is 35.7 Å². The van der Waals surface area contributed by atoms with E-state index in [0.29, 0.717) is 5.65 Å². The molecule has 1 amide bonds. The van der Waals surface area contributed by atoms with E-state index in [-0.39, 0.29) is 17.6 Å². The van der Waals surface area contributed by atoms with Gasteiger partial charge in [0, 0.05) is 12.4 Å². The van der Waals surface area contributed by atoms with Gasteiger partial charge in [0.15, 0.2) is 12.3 Å². The molecule has 25 heavy (non-hydrogen) atoms. The van der Waals surface area contributed by atoms with Crippen LogP contribution >= 0.6 is 0 Å². The second-order valence-corrected chi connectivity index (χ2v) is 5.51. The van der Waals surface area contributed by atoms with Gasteiger partial charge in [-0.25, -0.2) is 14.2 Å². The number of nitrogens with one attached hydrogen (secondary N) is 1. The summed E-state index contributed by atoms with van der Waals surface area (Å²) < 4.78 is 19.6. The van der Waals surface area contributed by atoms with Gasteiger partial charge in [0.25, 0.3) is 5.91 Å². The van der Waals surface area contributed by atoms with E-state index in [4.69, 9.17) is 4.74 Å². The van der Waals surface area contributed by atoms with Crippen molar-refractivity contribution in [3.63, 3.8) is 0 Å². The molecule has 0 saturated heterocycles. The molecule has 0 aliphatic heterocycles. The normalized spacial score (nSPS) is 11.9. The standard InChI is InChI=1S/C18H16FN3O3/c1-12(13-5-7-14(19)8-6-13)20-17(23)11-25-18(24)15-10-22-9-3-2-4-16(22)21-15/h2-10,12H,11H2,1H3,(H,20,23)/t12-/m0/s1. The summed E-state index contributed by atoms with van der Waals surface area (Å²) in [7, 11) is 0. The molecular weight excluding hydrogens is 325 g/mol. The lowest BCUT2D eigenvalue weighted by molar-refractivity contribution is -0.124.